The highest BCUT2D eigenvalue weighted by Gasteiger charge is 2.23. The molecule has 0 spiro atoms. The number of esters is 1. The predicted octanol–water partition coefficient (Wildman–Crippen LogP) is 4.63. The minimum absolute atomic E-state index is 0.148. The van der Waals surface area contributed by atoms with Crippen LogP contribution in [-0.2, 0) is 24.4 Å². The lowest BCUT2D eigenvalue weighted by atomic mass is 10.1. The van der Waals surface area contributed by atoms with Crippen molar-refractivity contribution in [1.29, 1.82) is 0 Å². The highest BCUT2D eigenvalue weighted by atomic mass is 32.1. The molecule has 1 aliphatic heterocycles. The van der Waals surface area contributed by atoms with Crippen LogP contribution in [0.2, 0.25) is 0 Å². The van der Waals surface area contributed by atoms with Crippen molar-refractivity contribution < 1.29 is 9.53 Å². The van der Waals surface area contributed by atoms with E-state index >= 15 is 0 Å². The molecule has 0 saturated carbocycles. The second kappa shape index (κ2) is 11.6. The maximum atomic E-state index is 12.5. The molecular weight excluding hydrogens is 444 g/mol. The zero-order valence-electron chi connectivity index (χ0n) is 20.3. The molecule has 0 radical (unpaired) electrons. The van der Waals surface area contributed by atoms with Crippen LogP contribution >= 0.6 is 11.3 Å². The first-order valence-electron chi connectivity index (χ1n) is 11.9. The van der Waals surface area contributed by atoms with Crippen molar-refractivity contribution in [1.82, 2.24) is 15.2 Å². The van der Waals surface area contributed by atoms with Gasteiger partial charge in [0.1, 0.15) is 11.4 Å². The Hall–Kier alpha value is -2.74. The van der Waals surface area contributed by atoms with E-state index in [1.165, 1.54) is 20.9 Å². The minimum Gasteiger partial charge on any atom is -0.459 e. The van der Waals surface area contributed by atoms with Gasteiger partial charge in [-0.25, -0.2) is 9.78 Å². The van der Waals surface area contributed by atoms with E-state index in [1.54, 1.807) is 18.3 Å². The normalized spacial score (nSPS) is 14.5. The Morgan fingerprint density at radius 2 is 1.76 bits per heavy atom. The monoisotopic (exact) mass is 478 g/mol. The summed E-state index contributed by atoms with van der Waals surface area (Å²) in [6.45, 7) is 12.1. The first-order chi connectivity index (χ1) is 16.5. The largest absolute Gasteiger partial charge is 0.459 e. The van der Waals surface area contributed by atoms with Crippen molar-refractivity contribution in [3.63, 3.8) is 0 Å². The maximum Gasteiger partial charge on any atom is 0.342 e. The molecule has 1 fully saturated rings. The summed E-state index contributed by atoms with van der Waals surface area (Å²) in [7, 11) is 0. The number of nitrogens with one attached hydrogen (secondary N) is 1. The Bertz CT molecular complexity index is 1070. The van der Waals surface area contributed by atoms with E-state index in [2.05, 4.69) is 63.4 Å². The van der Waals surface area contributed by atoms with Crippen LogP contribution in [0.25, 0.3) is 0 Å². The summed E-state index contributed by atoms with van der Waals surface area (Å²) >= 11 is 1.85. The number of hydrogen-bond acceptors (Lipinski definition) is 7. The summed E-state index contributed by atoms with van der Waals surface area (Å²) in [5.41, 5.74) is 3.17. The molecule has 0 amide bonds. The summed E-state index contributed by atoms with van der Waals surface area (Å²) in [6.07, 6.45) is 1.59. The highest BCUT2D eigenvalue weighted by molar-refractivity contribution is 7.11. The maximum absolute atomic E-state index is 12.5. The van der Waals surface area contributed by atoms with E-state index in [-0.39, 0.29) is 12.1 Å². The number of piperazine rings is 1. The molecule has 0 atom stereocenters. The number of rotatable bonds is 9. The van der Waals surface area contributed by atoms with Gasteiger partial charge in [0, 0.05) is 61.8 Å². The van der Waals surface area contributed by atoms with Crippen molar-refractivity contribution in [2.75, 3.05) is 31.1 Å². The Kier molecular flexibility index (Phi) is 8.32. The lowest BCUT2D eigenvalue weighted by molar-refractivity contribution is 0.0378. The summed E-state index contributed by atoms with van der Waals surface area (Å²) < 4.78 is 5.41. The van der Waals surface area contributed by atoms with Gasteiger partial charge in [0.05, 0.1) is 6.10 Å². The smallest absolute Gasteiger partial charge is 0.342 e. The van der Waals surface area contributed by atoms with Gasteiger partial charge in [-0.05, 0) is 56.2 Å². The predicted molar refractivity (Wildman–Crippen MR) is 138 cm³/mol. The quantitative estimate of drug-likeness (QED) is 0.453. The van der Waals surface area contributed by atoms with Crippen LogP contribution in [-0.4, -0.2) is 48.1 Å². The first-order valence-corrected chi connectivity index (χ1v) is 12.8. The molecule has 180 valence electrons. The Morgan fingerprint density at radius 3 is 2.44 bits per heavy atom. The van der Waals surface area contributed by atoms with Crippen molar-refractivity contribution in [3.05, 3.63) is 81.2 Å². The lowest BCUT2D eigenvalue weighted by Crippen LogP contribution is -2.46. The number of aryl methyl sites for hydroxylation is 1. The van der Waals surface area contributed by atoms with E-state index < -0.39 is 0 Å². The number of thiophene rings is 1. The molecule has 1 aliphatic rings. The molecule has 7 heteroatoms. The summed E-state index contributed by atoms with van der Waals surface area (Å²) in [4.78, 5) is 24.4. The van der Waals surface area contributed by atoms with Crippen molar-refractivity contribution in [3.8, 4) is 0 Å². The van der Waals surface area contributed by atoms with Gasteiger partial charge < -0.3 is 15.0 Å². The summed E-state index contributed by atoms with van der Waals surface area (Å²) in [5, 5.41) is 3.53. The number of aromatic nitrogens is 1. The van der Waals surface area contributed by atoms with E-state index in [9.17, 15) is 4.79 Å². The van der Waals surface area contributed by atoms with E-state index in [4.69, 9.17) is 4.74 Å². The molecular formula is C27H34N4O2S. The molecule has 1 aromatic carbocycles. The number of nitrogens with zero attached hydrogens (tertiary/aromatic N) is 3. The van der Waals surface area contributed by atoms with Crippen LogP contribution in [0.5, 0.6) is 0 Å². The van der Waals surface area contributed by atoms with Gasteiger partial charge in [0.15, 0.2) is 0 Å². The fourth-order valence-electron chi connectivity index (χ4n) is 4.13. The van der Waals surface area contributed by atoms with Gasteiger partial charge in [-0.1, -0.05) is 24.3 Å². The Morgan fingerprint density at radius 1 is 1.03 bits per heavy atom. The second-order valence-electron chi connectivity index (χ2n) is 9.02. The molecule has 4 rings (SSSR count). The fraction of sp³-hybridized carbons (Fsp3) is 0.407. The average molecular weight is 479 g/mol. The lowest BCUT2D eigenvalue weighted by Gasteiger charge is -2.36. The highest BCUT2D eigenvalue weighted by Crippen LogP contribution is 2.21. The van der Waals surface area contributed by atoms with Crippen LogP contribution in [0.3, 0.4) is 0 Å². The SMILES string of the molecule is Cc1ccc(CNCc2ccc(CN3CCN(c4ncccc4C(=O)OC(C)C)CC3)cc2)s1. The van der Waals surface area contributed by atoms with Crippen LogP contribution in [0.1, 0.15) is 45.1 Å². The molecule has 0 bridgehead atoms. The number of carbonyl (C=O) groups excluding carboxylic acids is 1. The standard InChI is InChI=1S/C27H34N4O2S/c1-20(2)33-27(32)25-5-4-12-29-26(25)31-15-13-30(14-16-31)19-23-9-7-22(8-10-23)17-28-18-24-11-6-21(3)34-24/h4-12,20,28H,13-19H2,1-3H3. The molecule has 3 heterocycles. The summed E-state index contributed by atoms with van der Waals surface area (Å²) in [6, 6.07) is 16.9. The van der Waals surface area contributed by atoms with Crippen molar-refractivity contribution in [2.24, 2.45) is 0 Å². The van der Waals surface area contributed by atoms with Crippen molar-refractivity contribution >= 4 is 23.1 Å². The zero-order chi connectivity index (χ0) is 23.9. The molecule has 0 unspecified atom stereocenters. The van der Waals surface area contributed by atoms with Gasteiger partial charge >= 0.3 is 5.97 Å². The number of pyridine rings is 1. The molecule has 2 aromatic heterocycles. The first kappa shape index (κ1) is 24.4. The Balaban J connectivity index is 1.25. The third kappa shape index (κ3) is 6.65. The van der Waals surface area contributed by atoms with E-state index in [0.29, 0.717) is 5.56 Å². The number of benzene rings is 1. The third-order valence-corrected chi connectivity index (χ3v) is 6.88. The van der Waals surface area contributed by atoms with Crippen molar-refractivity contribution in [2.45, 2.75) is 46.5 Å². The number of ether oxygens (including phenoxy) is 1. The van der Waals surface area contributed by atoms with E-state index in [1.807, 2.05) is 25.2 Å². The van der Waals surface area contributed by atoms with Gasteiger partial charge in [-0.2, -0.15) is 0 Å². The molecule has 1 N–H and O–H groups in total. The second-order valence-corrected chi connectivity index (χ2v) is 10.4. The molecule has 0 aliphatic carbocycles. The molecule has 6 nitrogen and oxygen atoms in total. The summed E-state index contributed by atoms with van der Waals surface area (Å²) in [5.74, 6) is 0.419. The molecule has 3 aromatic rings. The Labute approximate surface area is 206 Å². The van der Waals surface area contributed by atoms with Crippen LogP contribution in [0, 0.1) is 6.92 Å². The number of anilines is 1. The fourth-order valence-corrected chi connectivity index (χ4v) is 4.99. The molecule has 1 saturated heterocycles. The van der Waals surface area contributed by atoms with Crippen LogP contribution in [0.15, 0.2) is 54.7 Å². The van der Waals surface area contributed by atoms with Gasteiger partial charge in [0.2, 0.25) is 0 Å². The molecule has 34 heavy (non-hydrogen) atoms. The zero-order valence-corrected chi connectivity index (χ0v) is 21.1. The van der Waals surface area contributed by atoms with Gasteiger partial charge in [-0.15, -0.1) is 11.3 Å². The number of carbonyl (C=O) groups is 1. The van der Waals surface area contributed by atoms with Crippen LogP contribution in [0.4, 0.5) is 5.82 Å². The van der Waals surface area contributed by atoms with Gasteiger partial charge in [0.25, 0.3) is 0 Å². The topological polar surface area (TPSA) is 57.7 Å². The number of hydrogen-bond donors (Lipinski definition) is 1. The minimum atomic E-state index is -0.305. The third-order valence-electron chi connectivity index (χ3n) is 5.87. The van der Waals surface area contributed by atoms with E-state index in [0.717, 1.165) is 51.6 Å². The van der Waals surface area contributed by atoms with Crippen LogP contribution < -0.4 is 10.2 Å². The van der Waals surface area contributed by atoms with Gasteiger partial charge in [-0.3, -0.25) is 4.90 Å². The average Bonchev–Trinajstić information content (AvgIpc) is 3.25.